The maximum absolute atomic E-state index is 12.7. The quantitative estimate of drug-likeness (QED) is 0.788. The second kappa shape index (κ2) is 7.30. The molecule has 0 fully saturated rings. The highest BCUT2D eigenvalue weighted by Gasteiger charge is 2.36. The van der Waals surface area contributed by atoms with Crippen LogP contribution in [0.25, 0.3) is 0 Å². The number of nitrogens with two attached hydrogens (primary N) is 2. The molecule has 0 spiro atoms. The second-order valence-electron chi connectivity index (χ2n) is 4.77. The van der Waals surface area contributed by atoms with Gasteiger partial charge in [-0.2, -0.15) is 26.3 Å². The molecule has 3 nitrogen and oxygen atoms in total. The smallest absolute Gasteiger partial charge is 0.329 e. The maximum Gasteiger partial charge on any atom is 0.416 e. The Bertz CT molecular complexity index is 445. The fourth-order valence-electron chi connectivity index (χ4n) is 2.00. The first-order chi connectivity index (χ1) is 10.1. The van der Waals surface area contributed by atoms with Crippen LogP contribution in [0.4, 0.5) is 26.3 Å². The van der Waals surface area contributed by atoms with Gasteiger partial charge in [0, 0.05) is 32.7 Å². The first kappa shape index (κ1) is 18.7. The fraction of sp³-hybridized carbons (Fsp3) is 0.538. The number of benzene rings is 1. The molecule has 9 heteroatoms. The minimum atomic E-state index is -4.84. The topological polar surface area (TPSA) is 55.3 Å². The molecule has 1 aromatic rings. The van der Waals surface area contributed by atoms with Gasteiger partial charge in [-0.25, -0.2) is 0 Å². The summed E-state index contributed by atoms with van der Waals surface area (Å²) in [5, 5.41) is 0. The van der Waals surface area contributed by atoms with Crippen molar-refractivity contribution in [3.63, 3.8) is 0 Å². The van der Waals surface area contributed by atoms with E-state index in [-0.39, 0.29) is 31.3 Å². The molecule has 0 amide bonds. The summed E-state index contributed by atoms with van der Waals surface area (Å²) in [5.41, 5.74) is 8.02. The molecule has 0 unspecified atom stereocenters. The molecule has 4 N–H and O–H groups in total. The van der Waals surface area contributed by atoms with Crippen molar-refractivity contribution >= 4 is 0 Å². The minimum absolute atomic E-state index is 0.0796. The van der Waals surface area contributed by atoms with E-state index in [0.717, 1.165) is 12.1 Å². The van der Waals surface area contributed by atoms with Crippen LogP contribution in [0.2, 0.25) is 0 Å². The molecule has 0 aliphatic carbocycles. The summed E-state index contributed by atoms with van der Waals surface area (Å²) < 4.78 is 76.5. The lowest BCUT2D eigenvalue weighted by Crippen LogP contribution is -2.33. The van der Waals surface area contributed by atoms with Crippen LogP contribution in [0.5, 0.6) is 0 Å². The summed E-state index contributed by atoms with van der Waals surface area (Å²) in [6.07, 6.45) is -9.69. The molecule has 0 saturated heterocycles. The van der Waals surface area contributed by atoms with Gasteiger partial charge in [0.25, 0.3) is 0 Å². The Kier molecular flexibility index (Phi) is 6.21. The molecule has 0 heterocycles. The van der Waals surface area contributed by atoms with Gasteiger partial charge in [0.2, 0.25) is 0 Å². The van der Waals surface area contributed by atoms with Crippen LogP contribution in [0, 0.1) is 0 Å². The van der Waals surface area contributed by atoms with Crippen LogP contribution >= 0.6 is 0 Å². The molecule has 0 aliphatic rings. The van der Waals surface area contributed by atoms with Crippen molar-refractivity contribution in [3.05, 3.63) is 34.9 Å². The van der Waals surface area contributed by atoms with E-state index in [1.807, 2.05) is 0 Å². The Morgan fingerprint density at radius 3 is 1.50 bits per heavy atom. The minimum Gasteiger partial charge on any atom is -0.329 e. The van der Waals surface area contributed by atoms with Gasteiger partial charge in [-0.05, 0) is 23.8 Å². The molecule has 0 bridgehead atoms. The van der Waals surface area contributed by atoms with Crippen LogP contribution in [-0.2, 0) is 18.9 Å². The van der Waals surface area contributed by atoms with E-state index in [1.54, 1.807) is 4.90 Å². The van der Waals surface area contributed by atoms with Gasteiger partial charge >= 0.3 is 12.4 Å². The van der Waals surface area contributed by atoms with E-state index in [2.05, 4.69) is 0 Å². The third-order valence-corrected chi connectivity index (χ3v) is 2.94. The van der Waals surface area contributed by atoms with Gasteiger partial charge < -0.3 is 11.5 Å². The lowest BCUT2D eigenvalue weighted by molar-refractivity contribution is -0.143. The standard InChI is InChI=1S/C13H17F6N3/c14-12(15,16)10-5-9(6-11(7-10)13(17,18)19)8-22(3-1-20)4-2-21/h5-7H,1-4,8,20-21H2. The Balaban J connectivity index is 3.17. The summed E-state index contributed by atoms with van der Waals surface area (Å²) >= 11 is 0. The molecule has 22 heavy (non-hydrogen) atoms. The zero-order valence-electron chi connectivity index (χ0n) is 11.6. The molecule has 126 valence electrons. The van der Waals surface area contributed by atoms with Crippen LogP contribution in [0.1, 0.15) is 16.7 Å². The first-order valence-corrected chi connectivity index (χ1v) is 6.48. The highest BCUT2D eigenvalue weighted by Crippen LogP contribution is 2.36. The molecule has 0 aliphatic heterocycles. The zero-order chi connectivity index (χ0) is 17.0. The average molecular weight is 329 g/mol. The summed E-state index contributed by atoms with van der Waals surface area (Å²) in [5.74, 6) is 0. The Labute approximate surface area is 123 Å². The number of nitrogens with zero attached hydrogens (tertiary/aromatic N) is 1. The van der Waals surface area contributed by atoms with E-state index in [9.17, 15) is 26.3 Å². The highest BCUT2D eigenvalue weighted by atomic mass is 19.4. The molecule has 1 aromatic carbocycles. The number of hydrogen-bond acceptors (Lipinski definition) is 3. The second-order valence-corrected chi connectivity index (χ2v) is 4.77. The fourth-order valence-corrected chi connectivity index (χ4v) is 2.00. The molecule has 0 atom stereocenters. The molecular weight excluding hydrogens is 312 g/mol. The number of rotatable bonds is 6. The number of hydrogen-bond donors (Lipinski definition) is 2. The number of alkyl halides is 6. The van der Waals surface area contributed by atoms with Crippen molar-refractivity contribution < 1.29 is 26.3 Å². The van der Waals surface area contributed by atoms with Crippen LogP contribution in [-0.4, -0.2) is 31.1 Å². The SMILES string of the molecule is NCCN(CCN)Cc1cc(C(F)(F)F)cc(C(F)(F)F)c1. The summed E-state index contributed by atoms with van der Waals surface area (Å²) in [7, 11) is 0. The van der Waals surface area contributed by atoms with Crippen molar-refractivity contribution in [1.82, 2.24) is 4.90 Å². The monoisotopic (exact) mass is 329 g/mol. The number of halogens is 6. The Morgan fingerprint density at radius 2 is 1.18 bits per heavy atom. The van der Waals surface area contributed by atoms with Crippen molar-refractivity contribution in [3.8, 4) is 0 Å². The van der Waals surface area contributed by atoms with Crippen molar-refractivity contribution in [2.75, 3.05) is 26.2 Å². The molecule has 0 radical (unpaired) electrons. The zero-order valence-corrected chi connectivity index (χ0v) is 11.6. The van der Waals surface area contributed by atoms with E-state index in [4.69, 9.17) is 11.5 Å². The van der Waals surface area contributed by atoms with Crippen molar-refractivity contribution in [2.24, 2.45) is 11.5 Å². The summed E-state index contributed by atoms with van der Waals surface area (Å²) in [6, 6.07) is 1.55. The largest absolute Gasteiger partial charge is 0.416 e. The van der Waals surface area contributed by atoms with Crippen molar-refractivity contribution in [2.45, 2.75) is 18.9 Å². The van der Waals surface area contributed by atoms with Gasteiger partial charge in [0.15, 0.2) is 0 Å². The first-order valence-electron chi connectivity index (χ1n) is 6.48. The van der Waals surface area contributed by atoms with Gasteiger partial charge in [0.05, 0.1) is 11.1 Å². The summed E-state index contributed by atoms with van der Waals surface area (Å²) in [4.78, 5) is 1.61. The van der Waals surface area contributed by atoms with Crippen LogP contribution in [0.3, 0.4) is 0 Å². The van der Waals surface area contributed by atoms with Crippen molar-refractivity contribution in [1.29, 1.82) is 0 Å². The normalized spacial score (nSPS) is 13.0. The molecular formula is C13H17F6N3. The van der Waals surface area contributed by atoms with E-state index in [1.165, 1.54) is 0 Å². The maximum atomic E-state index is 12.7. The Hall–Kier alpha value is -1.32. The molecule has 0 aromatic heterocycles. The lowest BCUT2D eigenvalue weighted by Gasteiger charge is -2.22. The third-order valence-electron chi connectivity index (χ3n) is 2.94. The van der Waals surface area contributed by atoms with Gasteiger partial charge in [-0.1, -0.05) is 0 Å². The van der Waals surface area contributed by atoms with E-state index < -0.39 is 23.5 Å². The van der Waals surface area contributed by atoms with E-state index in [0.29, 0.717) is 13.1 Å². The predicted molar refractivity (Wildman–Crippen MR) is 69.8 cm³/mol. The molecule has 0 saturated carbocycles. The lowest BCUT2D eigenvalue weighted by atomic mass is 10.0. The Morgan fingerprint density at radius 1 is 0.773 bits per heavy atom. The van der Waals surface area contributed by atoms with Crippen LogP contribution in [0.15, 0.2) is 18.2 Å². The third kappa shape index (κ3) is 5.47. The van der Waals surface area contributed by atoms with E-state index >= 15 is 0 Å². The van der Waals surface area contributed by atoms with Gasteiger partial charge in [-0.15, -0.1) is 0 Å². The highest BCUT2D eigenvalue weighted by molar-refractivity contribution is 5.33. The predicted octanol–water partition coefficient (Wildman–Crippen LogP) is 2.44. The van der Waals surface area contributed by atoms with Gasteiger partial charge in [-0.3, -0.25) is 4.90 Å². The molecule has 1 rings (SSSR count). The van der Waals surface area contributed by atoms with Crippen LogP contribution < -0.4 is 11.5 Å². The average Bonchev–Trinajstić information content (AvgIpc) is 2.37. The summed E-state index contributed by atoms with van der Waals surface area (Å²) in [6.45, 7) is 1.03. The van der Waals surface area contributed by atoms with Gasteiger partial charge in [0.1, 0.15) is 0 Å².